The fourth-order valence-electron chi connectivity index (χ4n) is 2.33. The largest absolute Gasteiger partial charge is 0.389 e. The van der Waals surface area contributed by atoms with E-state index in [9.17, 15) is 5.11 Å². The van der Waals surface area contributed by atoms with Gasteiger partial charge >= 0.3 is 0 Å². The summed E-state index contributed by atoms with van der Waals surface area (Å²) in [6.45, 7) is 1.74. The topological polar surface area (TPSA) is 70.1 Å². The summed E-state index contributed by atoms with van der Waals surface area (Å²) in [6, 6.07) is 15.4. The van der Waals surface area contributed by atoms with Crippen LogP contribution in [-0.4, -0.2) is 22.1 Å². The van der Waals surface area contributed by atoms with Crippen molar-refractivity contribution in [2.24, 2.45) is 0 Å². The zero-order valence-electron chi connectivity index (χ0n) is 12.9. The molecule has 3 aromatic rings. The Morgan fingerprint density at radius 3 is 2.57 bits per heavy atom. The molecular formula is C17H19ClN4O. The molecule has 2 aromatic carbocycles. The molecule has 0 saturated carbocycles. The molecule has 0 bridgehead atoms. The van der Waals surface area contributed by atoms with Crippen molar-refractivity contribution in [1.82, 2.24) is 9.97 Å². The first-order valence-corrected chi connectivity index (χ1v) is 7.17. The minimum absolute atomic E-state index is 0. The predicted molar refractivity (Wildman–Crippen MR) is 96.7 cm³/mol. The van der Waals surface area contributed by atoms with Gasteiger partial charge in [-0.25, -0.2) is 4.98 Å². The number of aliphatic hydroxyl groups excluding tert-OH is 1. The molecule has 3 rings (SSSR count). The van der Waals surface area contributed by atoms with E-state index in [1.165, 1.54) is 0 Å². The normalized spacial score (nSPS) is 11.6. The lowest BCUT2D eigenvalue weighted by Crippen LogP contribution is -2.02. The van der Waals surface area contributed by atoms with Gasteiger partial charge in [0.25, 0.3) is 0 Å². The van der Waals surface area contributed by atoms with Gasteiger partial charge in [0.05, 0.1) is 11.6 Å². The van der Waals surface area contributed by atoms with E-state index >= 15 is 0 Å². The predicted octanol–water partition coefficient (Wildman–Crippen LogP) is 3.89. The van der Waals surface area contributed by atoms with Gasteiger partial charge in [0.1, 0.15) is 5.82 Å². The molecule has 0 aliphatic carbocycles. The summed E-state index contributed by atoms with van der Waals surface area (Å²) in [4.78, 5) is 9.02. The molecule has 5 nitrogen and oxygen atoms in total. The van der Waals surface area contributed by atoms with E-state index < -0.39 is 6.10 Å². The van der Waals surface area contributed by atoms with Gasteiger partial charge in [-0.3, -0.25) is 0 Å². The Bertz CT molecular complexity index is 807. The number of nitrogens with zero attached hydrogens (tertiary/aromatic N) is 2. The summed E-state index contributed by atoms with van der Waals surface area (Å²) in [7, 11) is 1.84. The Balaban J connectivity index is 0.00000192. The van der Waals surface area contributed by atoms with E-state index in [-0.39, 0.29) is 12.4 Å². The number of fused-ring (bicyclic) bond motifs is 1. The number of hydrogen-bond acceptors (Lipinski definition) is 5. The molecule has 120 valence electrons. The number of aliphatic hydroxyl groups is 1. The van der Waals surface area contributed by atoms with Gasteiger partial charge < -0.3 is 15.7 Å². The standard InChI is InChI=1S/C17H18N4O.ClH/c1-11(22)12-6-5-7-13(10-12)19-17-20-15-9-4-3-8-14(15)16(18-2)21-17;/h3-11,22H,1-2H3,(H2,18,19,20,21);1H. The van der Waals surface area contributed by atoms with Crippen LogP contribution < -0.4 is 10.6 Å². The van der Waals surface area contributed by atoms with E-state index in [0.29, 0.717) is 5.95 Å². The quantitative estimate of drug-likeness (QED) is 0.677. The number of para-hydroxylation sites is 1. The van der Waals surface area contributed by atoms with Crippen molar-refractivity contribution in [3.05, 3.63) is 54.1 Å². The molecule has 3 N–H and O–H groups in total. The van der Waals surface area contributed by atoms with Crippen LogP contribution in [0.4, 0.5) is 17.5 Å². The molecule has 6 heteroatoms. The number of rotatable bonds is 4. The monoisotopic (exact) mass is 330 g/mol. The maximum absolute atomic E-state index is 9.67. The highest BCUT2D eigenvalue weighted by Crippen LogP contribution is 2.24. The molecular weight excluding hydrogens is 312 g/mol. The average Bonchev–Trinajstić information content (AvgIpc) is 2.54. The third kappa shape index (κ3) is 3.70. The van der Waals surface area contributed by atoms with Gasteiger partial charge in [-0.05, 0) is 36.8 Å². The summed E-state index contributed by atoms with van der Waals surface area (Å²) in [5.41, 5.74) is 2.56. The van der Waals surface area contributed by atoms with Crippen LogP contribution in [0.5, 0.6) is 0 Å². The number of anilines is 3. The van der Waals surface area contributed by atoms with Crippen molar-refractivity contribution in [2.75, 3.05) is 17.7 Å². The zero-order chi connectivity index (χ0) is 15.5. The summed E-state index contributed by atoms with van der Waals surface area (Å²) in [5, 5.41) is 16.9. The van der Waals surface area contributed by atoms with Gasteiger partial charge in [-0.2, -0.15) is 4.98 Å². The fraction of sp³-hybridized carbons (Fsp3) is 0.176. The first-order chi connectivity index (χ1) is 10.7. The number of benzene rings is 2. The van der Waals surface area contributed by atoms with Crippen LogP contribution in [0.25, 0.3) is 10.9 Å². The van der Waals surface area contributed by atoms with Crippen molar-refractivity contribution in [1.29, 1.82) is 0 Å². The summed E-state index contributed by atoms with van der Waals surface area (Å²) in [5.74, 6) is 1.30. The molecule has 0 aliphatic heterocycles. The second kappa shape index (κ2) is 7.26. The van der Waals surface area contributed by atoms with Crippen LogP contribution in [0.3, 0.4) is 0 Å². The fourth-order valence-corrected chi connectivity index (χ4v) is 2.33. The highest BCUT2D eigenvalue weighted by Gasteiger charge is 2.07. The second-order valence-electron chi connectivity index (χ2n) is 5.09. The number of nitrogens with one attached hydrogen (secondary N) is 2. The Kier molecular flexibility index (Phi) is 5.36. The Morgan fingerprint density at radius 2 is 1.83 bits per heavy atom. The van der Waals surface area contributed by atoms with E-state index in [2.05, 4.69) is 20.6 Å². The lowest BCUT2D eigenvalue weighted by Gasteiger charge is -2.11. The van der Waals surface area contributed by atoms with E-state index in [1.54, 1.807) is 6.92 Å². The maximum atomic E-state index is 9.67. The Labute approximate surface area is 141 Å². The highest BCUT2D eigenvalue weighted by molar-refractivity contribution is 5.90. The summed E-state index contributed by atoms with van der Waals surface area (Å²) in [6.07, 6.45) is -0.507. The molecule has 0 saturated heterocycles. The Morgan fingerprint density at radius 1 is 1.04 bits per heavy atom. The molecule has 0 radical (unpaired) electrons. The number of aromatic nitrogens is 2. The van der Waals surface area contributed by atoms with Crippen LogP contribution in [0.2, 0.25) is 0 Å². The molecule has 1 unspecified atom stereocenters. The van der Waals surface area contributed by atoms with Crippen molar-refractivity contribution >= 4 is 40.8 Å². The van der Waals surface area contributed by atoms with Crippen molar-refractivity contribution in [3.8, 4) is 0 Å². The van der Waals surface area contributed by atoms with Crippen LogP contribution >= 0.6 is 12.4 Å². The molecule has 23 heavy (non-hydrogen) atoms. The molecule has 1 heterocycles. The average molecular weight is 331 g/mol. The van der Waals surface area contributed by atoms with Gasteiger partial charge in [0.15, 0.2) is 0 Å². The van der Waals surface area contributed by atoms with E-state index in [0.717, 1.165) is 28.0 Å². The lowest BCUT2D eigenvalue weighted by molar-refractivity contribution is 0.199. The molecule has 0 amide bonds. The van der Waals surface area contributed by atoms with Crippen molar-refractivity contribution in [2.45, 2.75) is 13.0 Å². The van der Waals surface area contributed by atoms with Crippen LogP contribution in [0, 0.1) is 0 Å². The second-order valence-corrected chi connectivity index (χ2v) is 5.09. The van der Waals surface area contributed by atoms with Crippen LogP contribution in [0.15, 0.2) is 48.5 Å². The van der Waals surface area contributed by atoms with Crippen LogP contribution in [-0.2, 0) is 0 Å². The molecule has 1 aromatic heterocycles. The first-order valence-electron chi connectivity index (χ1n) is 7.17. The third-order valence-electron chi connectivity index (χ3n) is 3.47. The number of halogens is 1. The molecule has 0 fully saturated rings. The Hall–Kier alpha value is -2.37. The smallest absolute Gasteiger partial charge is 0.229 e. The first kappa shape index (κ1) is 17.0. The number of hydrogen-bond donors (Lipinski definition) is 3. The summed E-state index contributed by atoms with van der Waals surface area (Å²) >= 11 is 0. The SMILES string of the molecule is CNc1nc(Nc2cccc(C(C)O)c2)nc2ccccc12.Cl. The van der Waals surface area contributed by atoms with Gasteiger partial charge in [-0.15, -0.1) is 12.4 Å². The molecule has 0 aliphatic rings. The van der Waals surface area contributed by atoms with E-state index in [1.807, 2.05) is 55.6 Å². The van der Waals surface area contributed by atoms with Crippen molar-refractivity contribution < 1.29 is 5.11 Å². The van der Waals surface area contributed by atoms with Gasteiger partial charge in [-0.1, -0.05) is 24.3 Å². The van der Waals surface area contributed by atoms with Gasteiger partial charge in [0.2, 0.25) is 5.95 Å². The van der Waals surface area contributed by atoms with Gasteiger partial charge in [0, 0.05) is 18.1 Å². The highest BCUT2D eigenvalue weighted by atomic mass is 35.5. The summed E-state index contributed by atoms with van der Waals surface area (Å²) < 4.78 is 0. The van der Waals surface area contributed by atoms with Crippen molar-refractivity contribution in [3.63, 3.8) is 0 Å². The van der Waals surface area contributed by atoms with Crippen LogP contribution in [0.1, 0.15) is 18.6 Å². The third-order valence-corrected chi connectivity index (χ3v) is 3.47. The minimum atomic E-state index is -0.507. The lowest BCUT2D eigenvalue weighted by atomic mass is 10.1. The zero-order valence-corrected chi connectivity index (χ0v) is 13.8. The minimum Gasteiger partial charge on any atom is -0.389 e. The maximum Gasteiger partial charge on any atom is 0.229 e. The molecule has 1 atom stereocenters. The van der Waals surface area contributed by atoms with E-state index in [4.69, 9.17) is 0 Å². The molecule has 0 spiro atoms.